The molecular formula is C21H25N5O3S. The average Bonchev–Trinajstić information content (AvgIpc) is 3.41. The molecule has 0 aliphatic heterocycles. The van der Waals surface area contributed by atoms with Crippen LogP contribution in [0.25, 0.3) is 10.2 Å². The van der Waals surface area contributed by atoms with E-state index in [0.29, 0.717) is 5.82 Å². The second-order valence-corrected chi connectivity index (χ2v) is 8.74. The zero-order valence-electron chi connectivity index (χ0n) is 17.0. The van der Waals surface area contributed by atoms with Gasteiger partial charge in [-0.1, -0.05) is 12.1 Å². The summed E-state index contributed by atoms with van der Waals surface area (Å²) in [4.78, 5) is 28.6. The molecule has 0 spiro atoms. The molecule has 8 nitrogen and oxygen atoms in total. The molecule has 0 bridgehead atoms. The van der Waals surface area contributed by atoms with Crippen molar-refractivity contribution in [2.45, 2.75) is 57.6 Å². The Morgan fingerprint density at radius 3 is 3.03 bits per heavy atom. The number of H-pyrrole nitrogens is 1. The van der Waals surface area contributed by atoms with Crippen LogP contribution in [0.1, 0.15) is 50.3 Å². The summed E-state index contributed by atoms with van der Waals surface area (Å²) in [5.41, 5.74) is 4.53. The number of nitrogens with one attached hydrogen (secondary N) is 3. The Bertz CT molecular complexity index is 1040. The fourth-order valence-electron chi connectivity index (χ4n) is 3.87. The summed E-state index contributed by atoms with van der Waals surface area (Å²) in [6.07, 6.45) is 2.38. The Labute approximate surface area is 178 Å². The van der Waals surface area contributed by atoms with Crippen molar-refractivity contribution in [2.75, 3.05) is 5.32 Å². The van der Waals surface area contributed by atoms with Gasteiger partial charge in [0.05, 0.1) is 28.3 Å². The molecule has 1 aromatic carbocycles. The van der Waals surface area contributed by atoms with Crippen LogP contribution in [0.3, 0.4) is 0 Å². The van der Waals surface area contributed by atoms with Gasteiger partial charge in [-0.2, -0.15) is 5.10 Å². The molecule has 2 atom stereocenters. The van der Waals surface area contributed by atoms with E-state index < -0.39 is 0 Å². The normalized spacial score (nSPS) is 18.6. The van der Waals surface area contributed by atoms with Crippen LogP contribution in [-0.2, 0) is 16.0 Å². The lowest BCUT2D eigenvalue weighted by molar-refractivity contribution is -0.115. The van der Waals surface area contributed by atoms with Gasteiger partial charge in [0.25, 0.3) is 0 Å². The number of hydrogen-bond acceptors (Lipinski definition) is 6. The minimum Gasteiger partial charge on any atom is -0.447 e. The topological polar surface area (TPSA) is 109 Å². The van der Waals surface area contributed by atoms with Crippen LogP contribution in [-0.4, -0.2) is 39.3 Å². The number of ether oxygens (including phenoxy) is 1. The van der Waals surface area contributed by atoms with Gasteiger partial charge in [0, 0.05) is 23.7 Å². The first-order valence-corrected chi connectivity index (χ1v) is 11.0. The first-order valence-electron chi connectivity index (χ1n) is 10.1. The highest BCUT2D eigenvalue weighted by Crippen LogP contribution is 2.34. The van der Waals surface area contributed by atoms with E-state index in [-0.39, 0.29) is 36.5 Å². The first kappa shape index (κ1) is 20.3. The number of amides is 2. The lowest BCUT2D eigenvalue weighted by atomic mass is 10.0. The van der Waals surface area contributed by atoms with Crippen LogP contribution in [0.4, 0.5) is 10.6 Å². The Morgan fingerprint density at radius 2 is 2.20 bits per heavy atom. The lowest BCUT2D eigenvalue weighted by Gasteiger charge is -2.14. The molecule has 158 valence electrons. The van der Waals surface area contributed by atoms with Gasteiger partial charge in [-0.3, -0.25) is 9.89 Å². The largest absolute Gasteiger partial charge is 0.447 e. The highest BCUT2D eigenvalue weighted by molar-refractivity contribution is 7.16. The maximum atomic E-state index is 12.5. The van der Waals surface area contributed by atoms with Crippen LogP contribution in [0.2, 0.25) is 0 Å². The van der Waals surface area contributed by atoms with Crippen molar-refractivity contribution in [1.82, 2.24) is 20.5 Å². The second-order valence-electron chi connectivity index (χ2n) is 7.86. The van der Waals surface area contributed by atoms with E-state index in [2.05, 4.69) is 25.8 Å². The number of para-hydroxylation sites is 1. The van der Waals surface area contributed by atoms with Crippen LogP contribution >= 0.6 is 11.3 Å². The minimum atomic E-state index is -0.372. The number of carbonyl (C=O) groups is 2. The van der Waals surface area contributed by atoms with Crippen LogP contribution in [0.15, 0.2) is 29.8 Å². The summed E-state index contributed by atoms with van der Waals surface area (Å²) in [6, 6.07) is 7.83. The summed E-state index contributed by atoms with van der Waals surface area (Å²) in [6.45, 7) is 3.66. The number of rotatable bonds is 6. The average molecular weight is 428 g/mol. The number of hydrogen-bond donors (Lipinski definition) is 3. The molecule has 2 amide bonds. The highest BCUT2D eigenvalue weighted by atomic mass is 32.1. The van der Waals surface area contributed by atoms with Gasteiger partial charge in [-0.15, -0.1) is 11.3 Å². The predicted octanol–water partition coefficient (Wildman–Crippen LogP) is 3.97. The molecule has 1 saturated carbocycles. The molecule has 9 heteroatoms. The van der Waals surface area contributed by atoms with E-state index in [1.165, 1.54) is 0 Å². The summed E-state index contributed by atoms with van der Waals surface area (Å²) >= 11 is 1.56. The fourth-order valence-corrected chi connectivity index (χ4v) is 4.59. The highest BCUT2D eigenvalue weighted by Gasteiger charge is 2.29. The van der Waals surface area contributed by atoms with E-state index in [1.807, 2.05) is 38.1 Å². The molecule has 1 aliphatic carbocycles. The third-order valence-corrected chi connectivity index (χ3v) is 5.99. The molecule has 2 heterocycles. The third-order valence-electron chi connectivity index (χ3n) is 5.20. The number of aromatic nitrogens is 3. The zero-order valence-corrected chi connectivity index (χ0v) is 17.8. The molecule has 0 unspecified atom stereocenters. The number of benzene rings is 1. The molecule has 1 aliphatic rings. The molecule has 0 saturated heterocycles. The number of nitrogens with zero attached hydrogens (tertiary/aromatic N) is 2. The van der Waals surface area contributed by atoms with Crippen molar-refractivity contribution in [2.24, 2.45) is 0 Å². The second kappa shape index (κ2) is 8.83. The van der Waals surface area contributed by atoms with Crippen molar-refractivity contribution in [1.29, 1.82) is 0 Å². The van der Waals surface area contributed by atoms with Crippen molar-refractivity contribution >= 4 is 39.4 Å². The summed E-state index contributed by atoms with van der Waals surface area (Å²) in [5, 5.41) is 13.0. The van der Waals surface area contributed by atoms with Crippen molar-refractivity contribution in [3.8, 4) is 0 Å². The Hall–Kier alpha value is -2.94. The quantitative estimate of drug-likeness (QED) is 0.551. The molecule has 3 N–H and O–H groups in total. The molecule has 4 rings (SSSR count). The molecule has 2 aromatic heterocycles. The number of alkyl carbamates (subject to hydrolysis) is 1. The van der Waals surface area contributed by atoms with Gasteiger partial charge in [-0.25, -0.2) is 9.78 Å². The maximum absolute atomic E-state index is 12.5. The van der Waals surface area contributed by atoms with Crippen molar-refractivity contribution in [3.63, 3.8) is 0 Å². The molecule has 0 radical (unpaired) electrons. The predicted molar refractivity (Wildman–Crippen MR) is 116 cm³/mol. The number of thiazole rings is 1. The van der Waals surface area contributed by atoms with Gasteiger partial charge < -0.3 is 15.4 Å². The Kier molecular flexibility index (Phi) is 5.98. The van der Waals surface area contributed by atoms with Gasteiger partial charge in [-0.05, 0) is 44.7 Å². The van der Waals surface area contributed by atoms with E-state index in [0.717, 1.165) is 40.7 Å². The fraction of sp³-hybridized carbons (Fsp3) is 0.429. The molecular weight excluding hydrogens is 402 g/mol. The van der Waals surface area contributed by atoms with E-state index in [4.69, 9.17) is 4.74 Å². The van der Waals surface area contributed by atoms with Gasteiger partial charge in [0.1, 0.15) is 0 Å². The standard InChI is InChI=1S/C21H25N5O3S/c1-12(2)29-21(28)23-15-7-6-13(8-15)16-10-18(26-25-16)24-19(27)9-14-4-3-5-17-20(14)22-11-30-17/h3-5,10-13,15H,6-9H2,1-2H3,(H,23,28)(H2,24,25,26,27)/t13-,15+/m0/s1. The number of fused-ring (bicyclic) bond motifs is 1. The van der Waals surface area contributed by atoms with Crippen molar-refractivity contribution < 1.29 is 14.3 Å². The monoisotopic (exact) mass is 427 g/mol. The van der Waals surface area contributed by atoms with E-state index in [1.54, 1.807) is 16.8 Å². The summed E-state index contributed by atoms with van der Waals surface area (Å²) in [5.74, 6) is 0.642. The summed E-state index contributed by atoms with van der Waals surface area (Å²) in [7, 11) is 0. The van der Waals surface area contributed by atoms with Gasteiger partial charge in [0.15, 0.2) is 5.82 Å². The van der Waals surface area contributed by atoms with Gasteiger partial charge >= 0.3 is 6.09 Å². The number of anilines is 1. The molecule has 1 fully saturated rings. The summed E-state index contributed by atoms with van der Waals surface area (Å²) < 4.78 is 6.22. The minimum absolute atomic E-state index is 0.0844. The Morgan fingerprint density at radius 1 is 1.33 bits per heavy atom. The number of aromatic amines is 1. The SMILES string of the molecule is CC(C)OC(=O)N[C@@H]1CC[C@H](c2cc(NC(=O)Cc3cccc4scnc34)n[nH]2)C1. The first-order chi connectivity index (χ1) is 14.5. The molecule has 3 aromatic rings. The maximum Gasteiger partial charge on any atom is 0.407 e. The van der Waals surface area contributed by atoms with Crippen molar-refractivity contribution in [3.05, 3.63) is 41.0 Å². The molecule has 30 heavy (non-hydrogen) atoms. The third kappa shape index (κ3) is 4.79. The van der Waals surface area contributed by atoms with Crippen LogP contribution in [0.5, 0.6) is 0 Å². The van der Waals surface area contributed by atoms with E-state index in [9.17, 15) is 9.59 Å². The Balaban J connectivity index is 1.31. The van der Waals surface area contributed by atoms with Crippen LogP contribution in [0, 0.1) is 0 Å². The van der Waals surface area contributed by atoms with Gasteiger partial charge in [0.2, 0.25) is 5.91 Å². The number of carbonyl (C=O) groups excluding carboxylic acids is 2. The lowest BCUT2D eigenvalue weighted by Crippen LogP contribution is -2.34. The smallest absolute Gasteiger partial charge is 0.407 e. The zero-order chi connectivity index (χ0) is 21.1. The van der Waals surface area contributed by atoms with E-state index >= 15 is 0 Å². The van der Waals surface area contributed by atoms with Crippen LogP contribution < -0.4 is 10.6 Å².